The van der Waals surface area contributed by atoms with Gasteiger partial charge in [-0.3, -0.25) is 4.79 Å². The summed E-state index contributed by atoms with van der Waals surface area (Å²) in [7, 11) is 0. The number of halogens is 3. The number of aromatic nitrogens is 2. The SMILES string of the molecule is O=C(c1ccc2nc(-c3ccccc3)cn2c1)N1CCO[C@@H](C(F)(F)F)C1. The topological polar surface area (TPSA) is 46.8 Å². The van der Waals surface area contributed by atoms with Crippen molar-refractivity contribution in [3.63, 3.8) is 0 Å². The fourth-order valence-corrected chi connectivity index (χ4v) is 3.08. The molecule has 3 heterocycles. The number of carbonyl (C=O) groups excluding carboxylic acids is 1. The van der Waals surface area contributed by atoms with E-state index in [2.05, 4.69) is 4.98 Å². The molecule has 0 bridgehead atoms. The summed E-state index contributed by atoms with van der Waals surface area (Å²) in [6.45, 7) is -0.510. The third-order valence-corrected chi connectivity index (χ3v) is 4.49. The maximum Gasteiger partial charge on any atom is 0.416 e. The van der Waals surface area contributed by atoms with Crippen molar-refractivity contribution < 1.29 is 22.7 Å². The second-order valence-electron chi connectivity index (χ2n) is 6.33. The predicted octanol–water partition coefficient (Wildman–Crippen LogP) is 3.40. The van der Waals surface area contributed by atoms with E-state index in [-0.39, 0.29) is 13.2 Å². The molecule has 5 nitrogen and oxygen atoms in total. The van der Waals surface area contributed by atoms with Gasteiger partial charge in [0.05, 0.1) is 24.4 Å². The molecule has 0 radical (unpaired) electrons. The number of alkyl halides is 3. The number of ether oxygens (including phenoxy) is 1. The Hall–Kier alpha value is -2.87. The second-order valence-corrected chi connectivity index (χ2v) is 6.33. The first kappa shape index (κ1) is 17.5. The highest BCUT2D eigenvalue weighted by Crippen LogP contribution is 2.26. The van der Waals surface area contributed by atoms with Crippen molar-refractivity contribution in [2.45, 2.75) is 12.3 Å². The van der Waals surface area contributed by atoms with Gasteiger partial charge in [-0.1, -0.05) is 30.3 Å². The Labute approximate surface area is 153 Å². The Morgan fingerprint density at radius 2 is 1.89 bits per heavy atom. The number of imidazole rings is 1. The second kappa shape index (κ2) is 6.70. The number of amides is 1. The van der Waals surface area contributed by atoms with Crippen LogP contribution in [0.4, 0.5) is 13.2 Å². The number of fused-ring (bicyclic) bond motifs is 1. The minimum absolute atomic E-state index is 0.128. The number of hydrogen-bond donors (Lipinski definition) is 0. The van der Waals surface area contributed by atoms with Crippen LogP contribution in [-0.4, -0.2) is 52.2 Å². The number of nitrogens with zero attached hydrogens (tertiary/aromatic N) is 3. The van der Waals surface area contributed by atoms with Crippen molar-refractivity contribution in [1.82, 2.24) is 14.3 Å². The lowest BCUT2D eigenvalue weighted by Crippen LogP contribution is -2.51. The fraction of sp³-hybridized carbons (Fsp3) is 0.263. The number of hydrogen-bond acceptors (Lipinski definition) is 3. The van der Waals surface area contributed by atoms with Gasteiger partial charge in [0.15, 0.2) is 6.10 Å². The summed E-state index contributed by atoms with van der Waals surface area (Å²) in [6.07, 6.45) is -3.05. The Morgan fingerprint density at radius 3 is 2.63 bits per heavy atom. The van der Waals surface area contributed by atoms with Crippen LogP contribution in [0, 0.1) is 0 Å². The molecule has 0 unspecified atom stereocenters. The van der Waals surface area contributed by atoms with E-state index in [1.807, 2.05) is 30.3 Å². The van der Waals surface area contributed by atoms with E-state index in [1.54, 1.807) is 28.9 Å². The molecule has 1 saturated heterocycles. The van der Waals surface area contributed by atoms with Gasteiger partial charge in [0.25, 0.3) is 5.91 Å². The van der Waals surface area contributed by atoms with Crippen LogP contribution in [0.25, 0.3) is 16.9 Å². The van der Waals surface area contributed by atoms with E-state index in [9.17, 15) is 18.0 Å². The highest BCUT2D eigenvalue weighted by atomic mass is 19.4. The Morgan fingerprint density at radius 1 is 1.11 bits per heavy atom. The van der Waals surface area contributed by atoms with Crippen molar-refractivity contribution >= 4 is 11.6 Å². The first-order valence-electron chi connectivity index (χ1n) is 8.43. The van der Waals surface area contributed by atoms with Crippen LogP contribution < -0.4 is 0 Å². The minimum atomic E-state index is -4.49. The summed E-state index contributed by atoms with van der Waals surface area (Å²) in [4.78, 5) is 18.3. The van der Waals surface area contributed by atoms with E-state index < -0.39 is 24.7 Å². The zero-order chi connectivity index (χ0) is 19.0. The van der Waals surface area contributed by atoms with Gasteiger partial charge in [0.1, 0.15) is 5.65 Å². The fourth-order valence-electron chi connectivity index (χ4n) is 3.08. The van der Waals surface area contributed by atoms with Crippen LogP contribution in [0.3, 0.4) is 0 Å². The van der Waals surface area contributed by atoms with Gasteiger partial charge in [-0.2, -0.15) is 13.2 Å². The summed E-state index contributed by atoms with van der Waals surface area (Å²) < 4.78 is 45.1. The largest absolute Gasteiger partial charge is 0.416 e. The highest BCUT2D eigenvalue weighted by Gasteiger charge is 2.44. The van der Waals surface area contributed by atoms with Gasteiger partial charge in [0, 0.05) is 24.5 Å². The maximum absolute atomic E-state index is 12.9. The average Bonchev–Trinajstić information content (AvgIpc) is 3.11. The molecule has 3 aromatic rings. The summed E-state index contributed by atoms with van der Waals surface area (Å²) in [5, 5.41) is 0. The number of carbonyl (C=O) groups is 1. The van der Waals surface area contributed by atoms with Crippen molar-refractivity contribution in [3.8, 4) is 11.3 Å². The van der Waals surface area contributed by atoms with Crippen molar-refractivity contribution in [3.05, 3.63) is 60.4 Å². The lowest BCUT2D eigenvalue weighted by molar-refractivity contribution is -0.233. The molecule has 1 aromatic carbocycles. The molecule has 0 spiro atoms. The van der Waals surface area contributed by atoms with E-state index in [0.717, 1.165) is 11.3 Å². The van der Waals surface area contributed by atoms with Crippen molar-refractivity contribution in [2.75, 3.05) is 19.7 Å². The molecule has 1 aliphatic rings. The molecule has 1 aliphatic heterocycles. The van der Waals surface area contributed by atoms with Gasteiger partial charge >= 0.3 is 6.18 Å². The molecule has 0 saturated carbocycles. The van der Waals surface area contributed by atoms with E-state index in [0.29, 0.717) is 11.2 Å². The van der Waals surface area contributed by atoms with Crippen LogP contribution >= 0.6 is 0 Å². The van der Waals surface area contributed by atoms with Crippen LogP contribution in [0.5, 0.6) is 0 Å². The molecule has 1 fully saturated rings. The third-order valence-electron chi connectivity index (χ3n) is 4.49. The summed E-state index contributed by atoms with van der Waals surface area (Å²) in [5.41, 5.74) is 2.65. The molecule has 0 aliphatic carbocycles. The lowest BCUT2D eigenvalue weighted by atomic mass is 10.2. The van der Waals surface area contributed by atoms with E-state index in [1.165, 1.54) is 4.90 Å². The van der Waals surface area contributed by atoms with Crippen LogP contribution in [-0.2, 0) is 4.74 Å². The normalized spacial score (nSPS) is 18.0. The monoisotopic (exact) mass is 375 g/mol. The zero-order valence-corrected chi connectivity index (χ0v) is 14.2. The number of pyridine rings is 1. The Balaban J connectivity index is 1.59. The molecular formula is C19H16F3N3O2. The molecular weight excluding hydrogens is 359 g/mol. The van der Waals surface area contributed by atoms with E-state index in [4.69, 9.17) is 4.74 Å². The first-order valence-corrected chi connectivity index (χ1v) is 8.43. The Kier molecular flexibility index (Phi) is 4.35. The molecule has 2 aromatic heterocycles. The number of rotatable bonds is 2. The quantitative estimate of drug-likeness (QED) is 0.690. The number of benzene rings is 1. The van der Waals surface area contributed by atoms with Crippen LogP contribution in [0.1, 0.15) is 10.4 Å². The standard InChI is InChI=1S/C19H16F3N3O2/c20-19(21,22)16-12-24(8-9-27-16)18(26)14-6-7-17-23-15(11-25(17)10-14)13-4-2-1-3-5-13/h1-7,10-11,16H,8-9,12H2/t16-/m1/s1. The number of morpholine rings is 1. The van der Waals surface area contributed by atoms with Gasteiger partial charge < -0.3 is 14.0 Å². The van der Waals surface area contributed by atoms with Crippen molar-refractivity contribution in [2.24, 2.45) is 0 Å². The smallest absolute Gasteiger partial charge is 0.365 e. The summed E-state index contributed by atoms with van der Waals surface area (Å²) in [5.74, 6) is -0.454. The maximum atomic E-state index is 12.9. The Bertz CT molecular complexity index is 969. The molecule has 27 heavy (non-hydrogen) atoms. The molecule has 1 atom stereocenters. The van der Waals surface area contributed by atoms with Gasteiger partial charge in [-0.15, -0.1) is 0 Å². The zero-order valence-electron chi connectivity index (χ0n) is 14.2. The lowest BCUT2D eigenvalue weighted by Gasteiger charge is -2.33. The van der Waals surface area contributed by atoms with Crippen LogP contribution in [0.15, 0.2) is 54.9 Å². The summed E-state index contributed by atoms with van der Waals surface area (Å²) >= 11 is 0. The van der Waals surface area contributed by atoms with E-state index >= 15 is 0 Å². The van der Waals surface area contributed by atoms with Gasteiger partial charge in [-0.25, -0.2) is 4.98 Å². The van der Waals surface area contributed by atoms with Crippen molar-refractivity contribution in [1.29, 1.82) is 0 Å². The molecule has 0 N–H and O–H groups in total. The first-order chi connectivity index (χ1) is 12.9. The van der Waals surface area contributed by atoms with Gasteiger partial charge in [-0.05, 0) is 12.1 Å². The molecule has 8 heteroatoms. The van der Waals surface area contributed by atoms with Crippen LogP contribution in [0.2, 0.25) is 0 Å². The molecule has 1 amide bonds. The minimum Gasteiger partial charge on any atom is -0.365 e. The summed E-state index contributed by atoms with van der Waals surface area (Å²) in [6, 6.07) is 12.8. The predicted molar refractivity (Wildman–Crippen MR) is 92.3 cm³/mol. The van der Waals surface area contributed by atoms with Gasteiger partial charge in [0.2, 0.25) is 0 Å². The highest BCUT2D eigenvalue weighted by molar-refractivity contribution is 5.94. The average molecular weight is 375 g/mol. The third kappa shape index (κ3) is 3.52. The molecule has 4 rings (SSSR count). The molecule has 140 valence electrons.